The second kappa shape index (κ2) is 3.79. The summed E-state index contributed by atoms with van der Waals surface area (Å²) in [5.74, 6) is -1.22. The summed E-state index contributed by atoms with van der Waals surface area (Å²) in [6, 6.07) is 0. The Hall–Kier alpha value is -0.730. The first kappa shape index (κ1) is 11.3. The van der Waals surface area contributed by atoms with Gasteiger partial charge in [-0.2, -0.15) is 0 Å². The van der Waals surface area contributed by atoms with E-state index >= 15 is 0 Å². The standard InChI is InChI=1S/C7H12O7/c8-1-3(10)4-5(11)7(13,2-9)6(12)14-4/h3-5,8-11,13H,1-2H2/t3-,4-,5+,7+/m1/s1. The van der Waals surface area contributed by atoms with E-state index in [-0.39, 0.29) is 0 Å². The summed E-state index contributed by atoms with van der Waals surface area (Å²) in [6.07, 6.45) is -4.68. The Morgan fingerprint density at radius 1 is 1.50 bits per heavy atom. The summed E-state index contributed by atoms with van der Waals surface area (Å²) >= 11 is 0. The van der Waals surface area contributed by atoms with E-state index in [0.29, 0.717) is 0 Å². The number of aliphatic hydroxyl groups excluding tert-OH is 4. The molecule has 1 heterocycles. The van der Waals surface area contributed by atoms with Crippen molar-refractivity contribution in [2.45, 2.75) is 23.9 Å². The molecule has 0 amide bonds. The van der Waals surface area contributed by atoms with Crippen molar-refractivity contribution in [1.29, 1.82) is 0 Å². The van der Waals surface area contributed by atoms with Crippen LogP contribution in [0.1, 0.15) is 0 Å². The maximum absolute atomic E-state index is 11.0. The molecule has 82 valence electrons. The van der Waals surface area contributed by atoms with Crippen molar-refractivity contribution in [2.24, 2.45) is 0 Å². The molecule has 0 bridgehead atoms. The molecule has 0 aromatic heterocycles. The van der Waals surface area contributed by atoms with E-state index in [9.17, 15) is 15.0 Å². The van der Waals surface area contributed by atoms with Gasteiger partial charge in [0.15, 0.2) is 6.10 Å². The fourth-order valence-electron chi connectivity index (χ4n) is 1.23. The van der Waals surface area contributed by atoms with Crippen LogP contribution in [-0.2, 0) is 9.53 Å². The number of carbonyl (C=O) groups excluding carboxylic acids is 1. The second-order valence-electron chi connectivity index (χ2n) is 3.15. The van der Waals surface area contributed by atoms with Gasteiger partial charge in [-0.3, -0.25) is 0 Å². The van der Waals surface area contributed by atoms with Crippen LogP contribution in [0.25, 0.3) is 0 Å². The van der Waals surface area contributed by atoms with Gasteiger partial charge in [0.25, 0.3) is 0 Å². The monoisotopic (exact) mass is 208 g/mol. The van der Waals surface area contributed by atoms with Crippen LogP contribution in [0.4, 0.5) is 0 Å². The summed E-state index contributed by atoms with van der Waals surface area (Å²) < 4.78 is 4.42. The molecule has 4 atom stereocenters. The molecule has 0 aliphatic carbocycles. The minimum Gasteiger partial charge on any atom is -0.454 e. The van der Waals surface area contributed by atoms with Crippen molar-refractivity contribution in [3.05, 3.63) is 0 Å². The molecule has 0 unspecified atom stereocenters. The molecule has 0 saturated carbocycles. The highest BCUT2D eigenvalue weighted by Crippen LogP contribution is 2.27. The average molecular weight is 208 g/mol. The summed E-state index contributed by atoms with van der Waals surface area (Å²) in [6.45, 7) is -1.74. The van der Waals surface area contributed by atoms with Crippen molar-refractivity contribution in [3.63, 3.8) is 0 Å². The van der Waals surface area contributed by atoms with Gasteiger partial charge in [0.1, 0.15) is 12.2 Å². The summed E-state index contributed by atoms with van der Waals surface area (Å²) in [4.78, 5) is 11.0. The quantitative estimate of drug-likeness (QED) is 0.302. The molecule has 1 fully saturated rings. The molecule has 14 heavy (non-hydrogen) atoms. The first-order valence-electron chi connectivity index (χ1n) is 3.98. The van der Waals surface area contributed by atoms with Crippen LogP contribution in [0, 0.1) is 0 Å². The fourth-order valence-corrected chi connectivity index (χ4v) is 1.23. The van der Waals surface area contributed by atoms with Gasteiger partial charge in [0.2, 0.25) is 5.60 Å². The molecular weight excluding hydrogens is 196 g/mol. The van der Waals surface area contributed by atoms with Gasteiger partial charge in [-0.25, -0.2) is 4.79 Å². The second-order valence-corrected chi connectivity index (χ2v) is 3.15. The Morgan fingerprint density at radius 2 is 2.07 bits per heavy atom. The molecule has 1 rings (SSSR count). The predicted molar refractivity (Wildman–Crippen MR) is 41.0 cm³/mol. The van der Waals surface area contributed by atoms with Gasteiger partial charge >= 0.3 is 5.97 Å². The average Bonchev–Trinajstić information content (AvgIpc) is 2.42. The Labute approximate surface area is 79.2 Å². The molecule has 5 N–H and O–H groups in total. The summed E-state index contributed by atoms with van der Waals surface area (Å²) in [5.41, 5.74) is -2.42. The third-order valence-electron chi connectivity index (χ3n) is 2.20. The maximum Gasteiger partial charge on any atom is 0.343 e. The van der Waals surface area contributed by atoms with E-state index in [2.05, 4.69) is 4.74 Å². The molecule has 7 heteroatoms. The van der Waals surface area contributed by atoms with Gasteiger partial charge in [0.05, 0.1) is 13.2 Å². The lowest BCUT2D eigenvalue weighted by Gasteiger charge is -2.22. The molecule has 0 aromatic carbocycles. The summed E-state index contributed by atoms with van der Waals surface area (Å²) in [5, 5.41) is 45.1. The molecule has 0 aromatic rings. The van der Waals surface area contributed by atoms with E-state index in [4.69, 9.17) is 15.3 Å². The lowest BCUT2D eigenvalue weighted by Crippen LogP contribution is -2.51. The van der Waals surface area contributed by atoms with E-state index in [1.807, 2.05) is 0 Å². The van der Waals surface area contributed by atoms with Gasteiger partial charge in [-0.05, 0) is 0 Å². The lowest BCUT2D eigenvalue weighted by molar-refractivity contribution is -0.161. The van der Waals surface area contributed by atoms with Crippen molar-refractivity contribution >= 4 is 5.97 Å². The molecule has 7 nitrogen and oxygen atoms in total. The molecule has 1 aliphatic heterocycles. The van der Waals surface area contributed by atoms with Gasteiger partial charge < -0.3 is 30.3 Å². The first-order chi connectivity index (χ1) is 6.47. The van der Waals surface area contributed by atoms with Crippen molar-refractivity contribution in [1.82, 2.24) is 0 Å². The smallest absolute Gasteiger partial charge is 0.343 e. The number of esters is 1. The van der Waals surface area contributed by atoms with E-state index in [1.54, 1.807) is 0 Å². The summed E-state index contributed by atoms with van der Waals surface area (Å²) in [7, 11) is 0. The number of rotatable bonds is 3. The zero-order valence-electron chi connectivity index (χ0n) is 7.20. The van der Waals surface area contributed by atoms with Crippen molar-refractivity contribution < 1.29 is 35.1 Å². The normalized spacial score (nSPS) is 39.6. The Balaban J connectivity index is 2.84. The van der Waals surface area contributed by atoms with Gasteiger partial charge in [0, 0.05) is 0 Å². The number of ether oxygens (including phenoxy) is 1. The number of hydrogen-bond acceptors (Lipinski definition) is 7. The van der Waals surface area contributed by atoms with E-state index < -0.39 is 43.1 Å². The lowest BCUT2D eigenvalue weighted by atomic mass is 9.95. The number of hydrogen-bond donors (Lipinski definition) is 5. The van der Waals surface area contributed by atoms with Crippen molar-refractivity contribution in [3.8, 4) is 0 Å². The molecule has 0 radical (unpaired) electrons. The largest absolute Gasteiger partial charge is 0.454 e. The highest BCUT2D eigenvalue weighted by Gasteiger charge is 2.57. The van der Waals surface area contributed by atoms with Crippen LogP contribution in [0.2, 0.25) is 0 Å². The van der Waals surface area contributed by atoms with Crippen LogP contribution in [-0.4, -0.2) is 68.6 Å². The van der Waals surface area contributed by atoms with Crippen LogP contribution in [0.5, 0.6) is 0 Å². The maximum atomic E-state index is 11.0. The highest BCUT2D eigenvalue weighted by atomic mass is 16.6. The highest BCUT2D eigenvalue weighted by molar-refractivity contribution is 5.83. The van der Waals surface area contributed by atoms with Gasteiger partial charge in [-0.1, -0.05) is 0 Å². The molecular formula is C7H12O7. The van der Waals surface area contributed by atoms with Crippen LogP contribution in [0.15, 0.2) is 0 Å². The minimum absolute atomic E-state index is 0.726. The topological polar surface area (TPSA) is 127 Å². The van der Waals surface area contributed by atoms with Crippen LogP contribution >= 0.6 is 0 Å². The number of cyclic esters (lactones) is 1. The third-order valence-corrected chi connectivity index (χ3v) is 2.20. The minimum atomic E-state index is -2.42. The Kier molecular flexibility index (Phi) is 3.07. The Bertz CT molecular complexity index is 230. The molecule has 1 aliphatic rings. The van der Waals surface area contributed by atoms with E-state index in [0.717, 1.165) is 0 Å². The SMILES string of the molecule is O=C1O[C@H]([C@H](O)CO)[C@H](O)[C@@]1(O)CO. The fraction of sp³-hybridized carbons (Fsp3) is 0.857. The first-order valence-corrected chi connectivity index (χ1v) is 3.98. The number of aliphatic hydroxyl groups is 5. The Morgan fingerprint density at radius 3 is 2.43 bits per heavy atom. The van der Waals surface area contributed by atoms with Crippen molar-refractivity contribution in [2.75, 3.05) is 13.2 Å². The van der Waals surface area contributed by atoms with E-state index in [1.165, 1.54) is 0 Å². The predicted octanol–water partition coefficient (Wildman–Crippen LogP) is -3.65. The zero-order chi connectivity index (χ0) is 10.9. The van der Waals surface area contributed by atoms with Gasteiger partial charge in [-0.15, -0.1) is 0 Å². The number of carbonyl (C=O) groups is 1. The third kappa shape index (κ3) is 1.49. The molecule has 0 spiro atoms. The molecule has 1 saturated heterocycles. The van der Waals surface area contributed by atoms with Crippen LogP contribution < -0.4 is 0 Å². The zero-order valence-corrected chi connectivity index (χ0v) is 7.20. The van der Waals surface area contributed by atoms with Crippen LogP contribution in [0.3, 0.4) is 0 Å².